The molecule has 0 bridgehead atoms. The van der Waals surface area contributed by atoms with Gasteiger partial charge in [-0.3, -0.25) is 0 Å². The molecule has 0 radical (unpaired) electrons. The molecule has 1 saturated heterocycles. The first-order valence-electron chi connectivity index (χ1n) is 6.76. The van der Waals surface area contributed by atoms with Gasteiger partial charge in [0.25, 0.3) is 0 Å². The third-order valence-corrected chi connectivity index (χ3v) is 3.33. The fraction of sp³-hybridized carbons (Fsp3) is 0.692. The van der Waals surface area contributed by atoms with E-state index in [0.717, 1.165) is 57.3 Å². The van der Waals surface area contributed by atoms with Gasteiger partial charge in [-0.25, -0.2) is 9.97 Å². The zero-order valence-corrected chi connectivity index (χ0v) is 11.2. The molecule has 1 aromatic heterocycles. The first-order chi connectivity index (χ1) is 8.79. The van der Waals surface area contributed by atoms with E-state index in [-0.39, 0.29) is 0 Å². The maximum absolute atomic E-state index is 5.56. The Labute approximate surface area is 109 Å². The highest BCUT2D eigenvalue weighted by molar-refractivity contribution is 5.30. The summed E-state index contributed by atoms with van der Waals surface area (Å²) in [6.45, 7) is 8.19. The molecule has 0 saturated carbocycles. The lowest BCUT2D eigenvalue weighted by molar-refractivity contribution is 0.291. The van der Waals surface area contributed by atoms with E-state index in [2.05, 4.69) is 19.8 Å². The van der Waals surface area contributed by atoms with E-state index in [1.165, 1.54) is 6.42 Å². The number of anilines is 1. The highest BCUT2D eigenvalue weighted by Gasteiger charge is 2.16. The molecule has 2 N–H and O–H groups in total. The van der Waals surface area contributed by atoms with Crippen LogP contribution in [0.4, 0.5) is 5.95 Å². The van der Waals surface area contributed by atoms with Crippen molar-refractivity contribution in [2.24, 2.45) is 5.73 Å². The fourth-order valence-corrected chi connectivity index (χ4v) is 2.30. The average molecular weight is 249 g/mol. The van der Waals surface area contributed by atoms with Crippen LogP contribution in [-0.4, -0.2) is 54.1 Å². The van der Waals surface area contributed by atoms with Crippen LogP contribution < -0.4 is 10.6 Å². The number of nitrogens with zero attached hydrogens (tertiary/aromatic N) is 4. The SMILES string of the molecule is Cc1ccnc(N2CCCN(CCCN)CC2)n1. The van der Waals surface area contributed by atoms with Gasteiger partial charge in [-0.15, -0.1) is 0 Å². The maximum Gasteiger partial charge on any atom is 0.225 e. The lowest BCUT2D eigenvalue weighted by Crippen LogP contribution is -2.32. The third-order valence-electron chi connectivity index (χ3n) is 3.33. The zero-order chi connectivity index (χ0) is 12.8. The summed E-state index contributed by atoms with van der Waals surface area (Å²) in [5.74, 6) is 0.871. The lowest BCUT2D eigenvalue weighted by atomic mass is 10.3. The quantitative estimate of drug-likeness (QED) is 0.849. The molecule has 0 spiro atoms. The van der Waals surface area contributed by atoms with Crippen molar-refractivity contribution in [3.8, 4) is 0 Å². The van der Waals surface area contributed by atoms with Crippen molar-refractivity contribution in [1.82, 2.24) is 14.9 Å². The topological polar surface area (TPSA) is 58.3 Å². The molecule has 1 aliphatic heterocycles. The largest absolute Gasteiger partial charge is 0.339 e. The second-order valence-corrected chi connectivity index (χ2v) is 4.82. The van der Waals surface area contributed by atoms with Crippen molar-refractivity contribution in [2.45, 2.75) is 19.8 Å². The number of hydrogen-bond donors (Lipinski definition) is 1. The van der Waals surface area contributed by atoms with Gasteiger partial charge in [0.2, 0.25) is 5.95 Å². The van der Waals surface area contributed by atoms with Gasteiger partial charge in [0.15, 0.2) is 0 Å². The van der Waals surface area contributed by atoms with E-state index in [1.54, 1.807) is 0 Å². The molecule has 0 aromatic carbocycles. The van der Waals surface area contributed by atoms with Crippen LogP contribution in [0.2, 0.25) is 0 Å². The Balaban J connectivity index is 1.92. The van der Waals surface area contributed by atoms with Gasteiger partial charge in [0.1, 0.15) is 0 Å². The van der Waals surface area contributed by atoms with Crippen molar-refractivity contribution < 1.29 is 0 Å². The molecule has 0 aliphatic carbocycles. The van der Waals surface area contributed by atoms with E-state index < -0.39 is 0 Å². The van der Waals surface area contributed by atoms with Crippen molar-refractivity contribution in [1.29, 1.82) is 0 Å². The summed E-state index contributed by atoms with van der Waals surface area (Å²) in [5.41, 5.74) is 6.59. The Morgan fingerprint density at radius 1 is 1.28 bits per heavy atom. The summed E-state index contributed by atoms with van der Waals surface area (Å²) in [6.07, 6.45) is 4.09. The molecule has 5 nitrogen and oxygen atoms in total. The molecule has 2 heterocycles. The minimum Gasteiger partial charge on any atom is -0.339 e. The van der Waals surface area contributed by atoms with Crippen LogP contribution in [0.25, 0.3) is 0 Å². The molecule has 100 valence electrons. The van der Waals surface area contributed by atoms with Gasteiger partial charge < -0.3 is 15.5 Å². The van der Waals surface area contributed by atoms with Crippen LogP contribution in [0.3, 0.4) is 0 Å². The minimum atomic E-state index is 0.779. The number of aromatic nitrogens is 2. The second-order valence-electron chi connectivity index (χ2n) is 4.82. The predicted molar refractivity (Wildman–Crippen MR) is 73.7 cm³/mol. The van der Waals surface area contributed by atoms with E-state index >= 15 is 0 Å². The highest BCUT2D eigenvalue weighted by Crippen LogP contribution is 2.11. The molecule has 1 fully saturated rings. The normalized spacial score (nSPS) is 17.8. The summed E-state index contributed by atoms with van der Waals surface area (Å²) in [7, 11) is 0. The van der Waals surface area contributed by atoms with Gasteiger partial charge in [-0.1, -0.05) is 0 Å². The van der Waals surface area contributed by atoms with Crippen molar-refractivity contribution >= 4 is 5.95 Å². The Morgan fingerprint density at radius 3 is 2.94 bits per heavy atom. The average Bonchev–Trinajstić information content (AvgIpc) is 2.62. The Bertz CT molecular complexity index is 368. The van der Waals surface area contributed by atoms with Gasteiger partial charge >= 0.3 is 0 Å². The van der Waals surface area contributed by atoms with Crippen LogP contribution >= 0.6 is 0 Å². The lowest BCUT2D eigenvalue weighted by Gasteiger charge is -2.21. The van der Waals surface area contributed by atoms with E-state index in [1.807, 2.05) is 19.2 Å². The predicted octanol–water partition coefficient (Wildman–Crippen LogP) is 0.646. The Kier molecular flexibility index (Phi) is 4.90. The molecule has 1 aliphatic rings. The molecular weight excluding hydrogens is 226 g/mol. The first kappa shape index (κ1) is 13.2. The molecular formula is C13H23N5. The Morgan fingerprint density at radius 2 is 2.17 bits per heavy atom. The fourth-order valence-electron chi connectivity index (χ4n) is 2.30. The number of hydrogen-bond acceptors (Lipinski definition) is 5. The number of rotatable bonds is 4. The monoisotopic (exact) mass is 249 g/mol. The van der Waals surface area contributed by atoms with Gasteiger partial charge in [-0.2, -0.15) is 0 Å². The summed E-state index contributed by atoms with van der Waals surface area (Å²) in [6, 6.07) is 1.94. The molecule has 2 rings (SSSR count). The van der Waals surface area contributed by atoms with Gasteiger partial charge in [-0.05, 0) is 45.5 Å². The van der Waals surface area contributed by atoms with E-state index in [9.17, 15) is 0 Å². The molecule has 5 heteroatoms. The molecule has 18 heavy (non-hydrogen) atoms. The standard InChI is InChI=1S/C13H23N5/c1-12-4-6-15-13(16-12)18-9-3-8-17(10-11-18)7-2-5-14/h4,6H,2-3,5,7-11,14H2,1H3. The van der Waals surface area contributed by atoms with Crippen molar-refractivity contribution in [3.05, 3.63) is 18.0 Å². The van der Waals surface area contributed by atoms with Crippen LogP contribution in [0.5, 0.6) is 0 Å². The van der Waals surface area contributed by atoms with Gasteiger partial charge in [0.05, 0.1) is 0 Å². The van der Waals surface area contributed by atoms with Crippen LogP contribution in [0, 0.1) is 6.92 Å². The number of nitrogens with two attached hydrogens (primary N) is 1. The highest BCUT2D eigenvalue weighted by atomic mass is 15.3. The zero-order valence-electron chi connectivity index (χ0n) is 11.2. The van der Waals surface area contributed by atoms with Crippen LogP contribution in [0.1, 0.15) is 18.5 Å². The summed E-state index contributed by atoms with van der Waals surface area (Å²) in [5, 5.41) is 0. The molecule has 1 aromatic rings. The van der Waals surface area contributed by atoms with E-state index in [0.29, 0.717) is 0 Å². The summed E-state index contributed by atoms with van der Waals surface area (Å²) in [4.78, 5) is 13.6. The Hall–Kier alpha value is -1.20. The molecule has 0 amide bonds. The maximum atomic E-state index is 5.56. The van der Waals surface area contributed by atoms with E-state index in [4.69, 9.17) is 5.73 Å². The minimum absolute atomic E-state index is 0.779. The molecule has 0 unspecified atom stereocenters. The summed E-state index contributed by atoms with van der Waals surface area (Å²) < 4.78 is 0. The van der Waals surface area contributed by atoms with Crippen molar-refractivity contribution in [3.63, 3.8) is 0 Å². The third kappa shape index (κ3) is 3.65. The van der Waals surface area contributed by atoms with Crippen molar-refractivity contribution in [2.75, 3.05) is 44.2 Å². The van der Waals surface area contributed by atoms with Gasteiger partial charge in [0, 0.05) is 31.5 Å². The summed E-state index contributed by atoms with van der Waals surface area (Å²) >= 11 is 0. The smallest absolute Gasteiger partial charge is 0.225 e. The second kappa shape index (κ2) is 6.66. The first-order valence-corrected chi connectivity index (χ1v) is 6.76. The van der Waals surface area contributed by atoms with Crippen LogP contribution in [-0.2, 0) is 0 Å². The molecule has 0 atom stereocenters. The van der Waals surface area contributed by atoms with Crippen LogP contribution in [0.15, 0.2) is 12.3 Å². The number of aryl methyl sites for hydroxylation is 1.